The average Bonchev–Trinajstić information content (AvgIpc) is 2.96. The summed E-state index contributed by atoms with van der Waals surface area (Å²) in [6.07, 6.45) is 6.55. The van der Waals surface area contributed by atoms with Crippen LogP contribution in [0.4, 0.5) is 0 Å². The molecule has 0 saturated heterocycles. The molecule has 2 aromatic rings. The van der Waals surface area contributed by atoms with Crippen molar-refractivity contribution in [3.63, 3.8) is 0 Å². The summed E-state index contributed by atoms with van der Waals surface area (Å²) in [5, 5.41) is 10.9. The lowest BCUT2D eigenvalue weighted by molar-refractivity contribution is 0.342. The van der Waals surface area contributed by atoms with Crippen LogP contribution >= 0.6 is 0 Å². The molecular weight excluding hydrogens is 248 g/mol. The first-order chi connectivity index (χ1) is 9.83. The number of nitrogens with zero attached hydrogens (tertiary/aromatic N) is 1. The van der Waals surface area contributed by atoms with E-state index in [1.807, 2.05) is 12.3 Å². The van der Waals surface area contributed by atoms with E-state index in [9.17, 15) is 0 Å². The molecule has 1 heterocycles. The van der Waals surface area contributed by atoms with E-state index in [1.54, 1.807) is 0 Å². The van der Waals surface area contributed by atoms with Gasteiger partial charge in [0.05, 0.1) is 11.9 Å². The van der Waals surface area contributed by atoms with E-state index in [4.69, 9.17) is 5.73 Å². The third-order valence-electron chi connectivity index (χ3n) is 4.13. The van der Waals surface area contributed by atoms with Gasteiger partial charge in [-0.25, -0.2) is 0 Å². The first-order valence-corrected chi connectivity index (χ1v) is 7.39. The van der Waals surface area contributed by atoms with E-state index >= 15 is 0 Å². The molecule has 4 heteroatoms. The maximum atomic E-state index is 5.95. The topological polar surface area (TPSA) is 66.7 Å². The molecule has 106 valence electrons. The van der Waals surface area contributed by atoms with Crippen LogP contribution in [0.5, 0.6) is 0 Å². The molecule has 1 aromatic heterocycles. The number of aromatic nitrogens is 2. The number of H-pyrrole nitrogens is 1. The van der Waals surface area contributed by atoms with Gasteiger partial charge in [-0.1, -0.05) is 30.3 Å². The van der Waals surface area contributed by atoms with Gasteiger partial charge in [0.15, 0.2) is 0 Å². The fourth-order valence-electron chi connectivity index (χ4n) is 2.88. The number of nitrogens with two attached hydrogens (primary N) is 1. The predicted octanol–water partition coefficient (Wildman–Crippen LogP) is 2.44. The lowest BCUT2D eigenvalue weighted by atomic mass is 9.91. The molecule has 0 radical (unpaired) electrons. The van der Waals surface area contributed by atoms with Gasteiger partial charge < -0.3 is 11.1 Å². The zero-order valence-electron chi connectivity index (χ0n) is 11.7. The minimum Gasteiger partial charge on any atom is -0.328 e. The summed E-state index contributed by atoms with van der Waals surface area (Å²) in [5.74, 6) is 0. The zero-order chi connectivity index (χ0) is 13.8. The Morgan fingerprint density at radius 3 is 2.65 bits per heavy atom. The van der Waals surface area contributed by atoms with E-state index in [-0.39, 0.29) is 0 Å². The van der Waals surface area contributed by atoms with Crippen molar-refractivity contribution < 1.29 is 0 Å². The van der Waals surface area contributed by atoms with Crippen molar-refractivity contribution in [3.8, 4) is 11.3 Å². The van der Waals surface area contributed by atoms with E-state index < -0.39 is 0 Å². The Balaban J connectivity index is 1.63. The van der Waals surface area contributed by atoms with Gasteiger partial charge >= 0.3 is 0 Å². The normalized spacial score (nSPS) is 22.9. The molecule has 4 nitrogen and oxygen atoms in total. The van der Waals surface area contributed by atoms with Crippen LogP contribution in [-0.2, 0) is 6.54 Å². The summed E-state index contributed by atoms with van der Waals surface area (Å²) in [6, 6.07) is 11.3. The molecule has 20 heavy (non-hydrogen) atoms. The molecule has 1 aliphatic carbocycles. The van der Waals surface area contributed by atoms with Gasteiger partial charge in [0.1, 0.15) is 0 Å². The highest BCUT2D eigenvalue weighted by Gasteiger charge is 2.18. The van der Waals surface area contributed by atoms with E-state index in [1.165, 1.54) is 24.0 Å². The van der Waals surface area contributed by atoms with Crippen molar-refractivity contribution >= 4 is 0 Å². The van der Waals surface area contributed by atoms with Crippen LogP contribution in [0.25, 0.3) is 11.3 Å². The fraction of sp³-hybridized carbons (Fsp3) is 0.438. The number of aromatic amines is 1. The summed E-state index contributed by atoms with van der Waals surface area (Å²) in [5.41, 5.74) is 9.48. The molecule has 0 atom stereocenters. The lowest BCUT2D eigenvalue weighted by Crippen LogP contribution is -2.37. The van der Waals surface area contributed by atoms with E-state index in [0.29, 0.717) is 12.1 Å². The van der Waals surface area contributed by atoms with Crippen LogP contribution in [-0.4, -0.2) is 22.3 Å². The minimum atomic E-state index is 0.404. The Hall–Kier alpha value is -1.65. The van der Waals surface area contributed by atoms with Crippen LogP contribution in [0.3, 0.4) is 0 Å². The van der Waals surface area contributed by atoms with Gasteiger partial charge in [-0.05, 0) is 31.2 Å². The van der Waals surface area contributed by atoms with Gasteiger partial charge in [-0.2, -0.15) is 5.10 Å². The number of rotatable bonds is 4. The summed E-state index contributed by atoms with van der Waals surface area (Å²) >= 11 is 0. The number of hydrogen-bond donors (Lipinski definition) is 3. The molecule has 0 bridgehead atoms. The highest BCUT2D eigenvalue weighted by Crippen LogP contribution is 2.22. The summed E-state index contributed by atoms with van der Waals surface area (Å²) in [7, 11) is 0. The quantitative estimate of drug-likeness (QED) is 0.799. The average molecular weight is 270 g/mol. The molecule has 1 fully saturated rings. The second-order valence-corrected chi connectivity index (χ2v) is 5.63. The van der Waals surface area contributed by atoms with Crippen LogP contribution in [0.1, 0.15) is 31.2 Å². The highest BCUT2D eigenvalue weighted by molar-refractivity contribution is 5.62. The van der Waals surface area contributed by atoms with Crippen LogP contribution in [0.2, 0.25) is 0 Å². The summed E-state index contributed by atoms with van der Waals surface area (Å²) < 4.78 is 0. The minimum absolute atomic E-state index is 0.404. The molecule has 4 N–H and O–H groups in total. The van der Waals surface area contributed by atoms with Gasteiger partial charge in [0.25, 0.3) is 0 Å². The molecular formula is C16H22N4. The third-order valence-corrected chi connectivity index (χ3v) is 4.13. The Morgan fingerprint density at radius 2 is 1.90 bits per heavy atom. The van der Waals surface area contributed by atoms with Crippen molar-refractivity contribution in [2.24, 2.45) is 5.73 Å². The second-order valence-electron chi connectivity index (χ2n) is 5.63. The highest BCUT2D eigenvalue weighted by atomic mass is 15.1. The molecule has 0 spiro atoms. The predicted molar refractivity (Wildman–Crippen MR) is 81.1 cm³/mol. The van der Waals surface area contributed by atoms with Crippen molar-refractivity contribution in [3.05, 3.63) is 42.1 Å². The van der Waals surface area contributed by atoms with E-state index in [2.05, 4.69) is 39.8 Å². The van der Waals surface area contributed by atoms with Gasteiger partial charge in [0, 0.05) is 24.2 Å². The number of benzene rings is 1. The Kier molecular flexibility index (Phi) is 4.14. The van der Waals surface area contributed by atoms with Crippen molar-refractivity contribution in [2.75, 3.05) is 0 Å². The van der Waals surface area contributed by atoms with Gasteiger partial charge in [-0.15, -0.1) is 0 Å². The van der Waals surface area contributed by atoms with E-state index in [0.717, 1.165) is 25.1 Å². The first kappa shape index (κ1) is 13.3. The number of hydrogen-bond acceptors (Lipinski definition) is 3. The molecule has 3 rings (SSSR count). The Morgan fingerprint density at radius 1 is 1.15 bits per heavy atom. The molecule has 0 amide bonds. The third kappa shape index (κ3) is 3.08. The van der Waals surface area contributed by atoms with Crippen LogP contribution < -0.4 is 11.1 Å². The number of nitrogens with one attached hydrogen (secondary N) is 2. The smallest absolute Gasteiger partial charge is 0.0695 e. The standard InChI is InChI=1S/C16H22N4/c17-14-6-8-15(9-7-14)18-10-13-11-19-20-16(13)12-4-2-1-3-5-12/h1-5,11,14-15,18H,6-10,17H2,(H,19,20). The van der Waals surface area contributed by atoms with Gasteiger partial charge in [-0.3, -0.25) is 5.10 Å². The molecule has 1 aromatic carbocycles. The Bertz CT molecular complexity index is 526. The maximum absolute atomic E-state index is 5.95. The van der Waals surface area contributed by atoms with Crippen LogP contribution in [0, 0.1) is 0 Å². The second kappa shape index (κ2) is 6.20. The monoisotopic (exact) mass is 270 g/mol. The largest absolute Gasteiger partial charge is 0.328 e. The SMILES string of the molecule is NC1CCC(NCc2cn[nH]c2-c2ccccc2)CC1. The van der Waals surface area contributed by atoms with Gasteiger partial charge in [0.2, 0.25) is 0 Å². The molecule has 1 saturated carbocycles. The maximum Gasteiger partial charge on any atom is 0.0695 e. The zero-order valence-corrected chi connectivity index (χ0v) is 11.7. The molecule has 1 aliphatic rings. The molecule has 0 aliphatic heterocycles. The van der Waals surface area contributed by atoms with Crippen LogP contribution in [0.15, 0.2) is 36.5 Å². The van der Waals surface area contributed by atoms with Crippen molar-refractivity contribution in [2.45, 2.75) is 44.3 Å². The summed E-state index contributed by atoms with van der Waals surface area (Å²) in [6.45, 7) is 0.862. The first-order valence-electron chi connectivity index (χ1n) is 7.39. The van der Waals surface area contributed by atoms with Crippen molar-refractivity contribution in [1.29, 1.82) is 0 Å². The van der Waals surface area contributed by atoms with Crippen molar-refractivity contribution in [1.82, 2.24) is 15.5 Å². The Labute approximate surface area is 119 Å². The lowest BCUT2D eigenvalue weighted by Gasteiger charge is -2.26. The fourth-order valence-corrected chi connectivity index (χ4v) is 2.88. The summed E-state index contributed by atoms with van der Waals surface area (Å²) in [4.78, 5) is 0. The molecule has 0 unspecified atom stereocenters.